The van der Waals surface area contributed by atoms with E-state index in [1.807, 2.05) is 0 Å². The van der Waals surface area contributed by atoms with Gasteiger partial charge >= 0.3 is 17.9 Å². The lowest BCUT2D eigenvalue weighted by atomic mass is 10.0. The summed E-state index contributed by atoms with van der Waals surface area (Å²) in [6.07, 6.45) is 73.4. The molecule has 6 nitrogen and oxygen atoms in total. The monoisotopic (exact) mass is 1010 g/mol. The highest BCUT2D eigenvalue weighted by Crippen LogP contribution is 2.18. The lowest BCUT2D eigenvalue weighted by Gasteiger charge is -2.18. The number of ether oxygens (including phenoxy) is 3. The molecule has 0 rings (SSSR count). The van der Waals surface area contributed by atoms with E-state index in [4.69, 9.17) is 14.2 Å². The molecular weight excluding hydrogens is 889 g/mol. The Balaban J connectivity index is 4.18. The summed E-state index contributed by atoms with van der Waals surface area (Å²) >= 11 is 0. The maximum Gasteiger partial charge on any atom is 0.306 e. The van der Waals surface area contributed by atoms with Gasteiger partial charge in [-0.15, -0.1) is 0 Å². The zero-order valence-electron chi connectivity index (χ0n) is 48.7. The third-order valence-electron chi connectivity index (χ3n) is 14.7. The van der Waals surface area contributed by atoms with Crippen LogP contribution in [-0.2, 0) is 28.6 Å². The molecule has 0 fully saturated rings. The van der Waals surface area contributed by atoms with Crippen molar-refractivity contribution >= 4 is 17.9 Å². The van der Waals surface area contributed by atoms with E-state index in [1.165, 1.54) is 238 Å². The zero-order chi connectivity index (χ0) is 52.2. The first-order valence-corrected chi connectivity index (χ1v) is 32.3. The predicted molar refractivity (Wildman–Crippen MR) is 312 cm³/mol. The summed E-state index contributed by atoms with van der Waals surface area (Å²) in [6, 6.07) is 0. The summed E-state index contributed by atoms with van der Waals surface area (Å²) in [5.74, 6) is -0.858. The Hall–Kier alpha value is -2.11. The Morgan fingerprint density at radius 2 is 0.528 bits per heavy atom. The van der Waals surface area contributed by atoms with Crippen molar-refractivity contribution in [2.75, 3.05) is 13.2 Å². The topological polar surface area (TPSA) is 78.9 Å². The van der Waals surface area contributed by atoms with Gasteiger partial charge in [0.05, 0.1) is 0 Å². The molecule has 0 aliphatic carbocycles. The molecule has 72 heavy (non-hydrogen) atoms. The standard InChI is InChI=1S/C66H124O6/c1-4-7-10-13-16-19-22-25-27-28-29-30-31-32-33-34-35-36-37-39-41-44-47-50-53-56-59-65(68)71-62-63(61-70-64(67)58-55-52-49-46-43-40-24-21-18-15-12-9-6-3)72-66(69)60-57-54-51-48-45-42-38-26-23-20-17-14-11-8-5-2/h12,15,21,24,63H,4-11,13-14,16-20,22-23,25-62H2,1-3H3/b15-12-,24-21-. The number of rotatable bonds is 60. The van der Waals surface area contributed by atoms with E-state index in [9.17, 15) is 14.4 Å². The molecule has 0 radical (unpaired) electrons. The summed E-state index contributed by atoms with van der Waals surface area (Å²) < 4.78 is 16.9. The summed E-state index contributed by atoms with van der Waals surface area (Å²) in [5.41, 5.74) is 0. The maximum absolute atomic E-state index is 12.9. The lowest BCUT2D eigenvalue weighted by Crippen LogP contribution is -2.30. The third kappa shape index (κ3) is 58.8. The van der Waals surface area contributed by atoms with Crippen molar-refractivity contribution in [1.82, 2.24) is 0 Å². The number of esters is 3. The van der Waals surface area contributed by atoms with Gasteiger partial charge in [-0.05, 0) is 44.9 Å². The molecule has 1 atom stereocenters. The molecule has 0 saturated carbocycles. The largest absolute Gasteiger partial charge is 0.462 e. The summed E-state index contributed by atoms with van der Waals surface area (Å²) in [6.45, 7) is 6.63. The molecule has 0 amide bonds. The molecule has 1 unspecified atom stereocenters. The van der Waals surface area contributed by atoms with Crippen LogP contribution in [0.3, 0.4) is 0 Å². The summed E-state index contributed by atoms with van der Waals surface area (Å²) in [4.78, 5) is 38.2. The SMILES string of the molecule is CCC/C=C\C/C=C\CCCCCCCC(=O)OCC(COC(=O)CCCCCCCCCCCCCCCCCCCCCCCCCCCC)OC(=O)CCCCCCCCCCCCCCCCC. The molecule has 0 aromatic heterocycles. The van der Waals surface area contributed by atoms with Crippen LogP contribution in [0.2, 0.25) is 0 Å². The molecule has 0 saturated heterocycles. The minimum atomic E-state index is -0.772. The highest BCUT2D eigenvalue weighted by atomic mass is 16.6. The second-order valence-electron chi connectivity index (χ2n) is 22.0. The van der Waals surface area contributed by atoms with E-state index < -0.39 is 6.10 Å². The fourth-order valence-electron chi connectivity index (χ4n) is 9.84. The molecule has 0 aliphatic rings. The number of hydrogen-bond acceptors (Lipinski definition) is 6. The van der Waals surface area contributed by atoms with Crippen LogP contribution < -0.4 is 0 Å². The molecule has 0 spiro atoms. The van der Waals surface area contributed by atoms with E-state index in [0.29, 0.717) is 19.3 Å². The molecule has 0 aliphatic heterocycles. The molecule has 0 heterocycles. The highest BCUT2D eigenvalue weighted by molar-refractivity contribution is 5.71. The van der Waals surface area contributed by atoms with Gasteiger partial charge in [0, 0.05) is 19.3 Å². The van der Waals surface area contributed by atoms with Gasteiger partial charge in [-0.1, -0.05) is 321 Å². The second-order valence-corrected chi connectivity index (χ2v) is 22.0. The quantitative estimate of drug-likeness (QED) is 0.0261. The van der Waals surface area contributed by atoms with Crippen LogP contribution in [0.5, 0.6) is 0 Å². The molecule has 0 N–H and O–H groups in total. The van der Waals surface area contributed by atoms with E-state index in [0.717, 1.165) is 83.5 Å². The van der Waals surface area contributed by atoms with Crippen LogP contribution in [0, 0.1) is 0 Å². The van der Waals surface area contributed by atoms with Crippen molar-refractivity contribution in [2.24, 2.45) is 0 Å². The Morgan fingerprint density at radius 3 is 0.819 bits per heavy atom. The third-order valence-corrected chi connectivity index (χ3v) is 14.7. The molecule has 424 valence electrons. The second kappa shape index (κ2) is 61.4. The van der Waals surface area contributed by atoms with Crippen LogP contribution in [0.25, 0.3) is 0 Å². The predicted octanol–water partition coefficient (Wildman–Crippen LogP) is 21.8. The van der Waals surface area contributed by atoms with Crippen LogP contribution in [0.1, 0.15) is 361 Å². The van der Waals surface area contributed by atoms with Crippen molar-refractivity contribution in [3.63, 3.8) is 0 Å². The fourth-order valence-corrected chi connectivity index (χ4v) is 9.84. The number of carbonyl (C=O) groups is 3. The number of hydrogen-bond donors (Lipinski definition) is 0. The summed E-state index contributed by atoms with van der Waals surface area (Å²) in [5, 5.41) is 0. The Bertz CT molecular complexity index is 1160. The Morgan fingerprint density at radius 1 is 0.278 bits per heavy atom. The zero-order valence-corrected chi connectivity index (χ0v) is 48.7. The van der Waals surface area contributed by atoms with Crippen molar-refractivity contribution in [2.45, 2.75) is 367 Å². The first-order chi connectivity index (χ1) is 35.5. The van der Waals surface area contributed by atoms with Gasteiger partial charge in [0.2, 0.25) is 0 Å². The van der Waals surface area contributed by atoms with Crippen molar-refractivity contribution in [3.05, 3.63) is 24.3 Å². The van der Waals surface area contributed by atoms with Gasteiger partial charge in [-0.25, -0.2) is 0 Å². The minimum absolute atomic E-state index is 0.0698. The highest BCUT2D eigenvalue weighted by Gasteiger charge is 2.19. The van der Waals surface area contributed by atoms with E-state index in [1.54, 1.807) is 0 Å². The van der Waals surface area contributed by atoms with Gasteiger partial charge in [0.15, 0.2) is 6.10 Å². The number of carbonyl (C=O) groups excluding carboxylic acids is 3. The van der Waals surface area contributed by atoms with Crippen molar-refractivity contribution in [1.29, 1.82) is 0 Å². The van der Waals surface area contributed by atoms with Gasteiger partial charge in [-0.3, -0.25) is 14.4 Å². The van der Waals surface area contributed by atoms with E-state index >= 15 is 0 Å². The van der Waals surface area contributed by atoms with E-state index in [2.05, 4.69) is 45.1 Å². The Labute approximate surface area is 449 Å². The molecule has 0 bridgehead atoms. The molecular formula is C66H124O6. The Kier molecular flexibility index (Phi) is 59.6. The smallest absolute Gasteiger partial charge is 0.306 e. The average Bonchev–Trinajstić information content (AvgIpc) is 3.38. The lowest BCUT2D eigenvalue weighted by molar-refractivity contribution is -0.167. The van der Waals surface area contributed by atoms with Gasteiger partial charge in [-0.2, -0.15) is 0 Å². The number of allylic oxidation sites excluding steroid dienone is 4. The van der Waals surface area contributed by atoms with Crippen molar-refractivity contribution < 1.29 is 28.6 Å². The first-order valence-electron chi connectivity index (χ1n) is 32.3. The molecule has 6 heteroatoms. The minimum Gasteiger partial charge on any atom is -0.462 e. The van der Waals surface area contributed by atoms with Gasteiger partial charge < -0.3 is 14.2 Å². The van der Waals surface area contributed by atoms with Crippen LogP contribution in [0.4, 0.5) is 0 Å². The molecule has 0 aromatic carbocycles. The normalized spacial score (nSPS) is 12.1. The summed E-state index contributed by atoms with van der Waals surface area (Å²) in [7, 11) is 0. The number of unbranched alkanes of at least 4 members (excludes halogenated alkanes) is 45. The van der Waals surface area contributed by atoms with Gasteiger partial charge in [0.25, 0.3) is 0 Å². The van der Waals surface area contributed by atoms with Crippen LogP contribution in [0.15, 0.2) is 24.3 Å². The first kappa shape index (κ1) is 69.9. The maximum atomic E-state index is 12.9. The van der Waals surface area contributed by atoms with Crippen LogP contribution >= 0.6 is 0 Å². The van der Waals surface area contributed by atoms with Crippen LogP contribution in [-0.4, -0.2) is 37.2 Å². The fraction of sp³-hybridized carbons (Fsp3) is 0.894. The molecule has 0 aromatic rings. The van der Waals surface area contributed by atoms with Gasteiger partial charge in [0.1, 0.15) is 13.2 Å². The average molecular weight is 1010 g/mol. The van der Waals surface area contributed by atoms with Crippen molar-refractivity contribution in [3.8, 4) is 0 Å². The van der Waals surface area contributed by atoms with E-state index in [-0.39, 0.29) is 31.1 Å².